The minimum absolute atomic E-state index is 0.103. The number of thiazole rings is 1. The minimum Gasteiger partial charge on any atom is -0.477 e. The summed E-state index contributed by atoms with van der Waals surface area (Å²) in [6.07, 6.45) is 1.10. The van der Waals surface area contributed by atoms with Crippen LogP contribution < -0.4 is 16.4 Å². The van der Waals surface area contributed by atoms with Gasteiger partial charge in [0.1, 0.15) is 11.4 Å². The number of fused-ring (bicyclic) bond motifs is 1. The number of carboxylic acids is 1. The minimum atomic E-state index is -1.06. The van der Waals surface area contributed by atoms with Crippen LogP contribution in [0.25, 0.3) is 10.9 Å². The van der Waals surface area contributed by atoms with Crippen LogP contribution in [0.15, 0.2) is 53.9 Å². The van der Waals surface area contributed by atoms with Gasteiger partial charge in [-0.05, 0) is 55.6 Å². The van der Waals surface area contributed by atoms with Gasteiger partial charge >= 0.3 is 5.97 Å². The smallest absolute Gasteiger partial charge is 0.352 e. The van der Waals surface area contributed by atoms with Crippen LogP contribution in [0.4, 0.5) is 5.13 Å². The largest absolute Gasteiger partial charge is 0.477 e. The number of nitrogens with zero attached hydrogens (tertiary/aromatic N) is 1. The van der Waals surface area contributed by atoms with Gasteiger partial charge in [0, 0.05) is 21.8 Å². The number of rotatable bonds is 9. The molecule has 2 aromatic heterocycles. The van der Waals surface area contributed by atoms with Crippen molar-refractivity contribution in [3.05, 3.63) is 82.0 Å². The van der Waals surface area contributed by atoms with Gasteiger partial charge < -0.3 is 21.1 Å². The third-order valence-electron chi connectivity index (χ3n) is 5.62. The molecule has 0 saturated heterocycles. The Balaban J connectivity index is 1.48. The van der Waals surface area contributed by atoms with Gasteiger partial charge in [-0.15, -0.1) is 11.3 Å². The van der Waals surface area contributed by atoms with E-state index < -0.39 is 11.9 Å². The van der Waals surface area contributed by atoms with Crippen LogP contribution in [0.5, 0.6) is 0 Å². The van der Waals surface area contributed by atoms with E-state index in [0.29, 0.717) is 41.4 Å². The molecule has 0 aliphatic rings. The molecule has 0 aliphatic carbocycles. The maximum absolute atomic E-state index is 12.9. The quantitative estimate of drug-likeness (QED) is 0.239. The first-order valence-corrected chi connectivity index (χ1v) is 12.0. The van der Waals surface area contributed by atoms with E-state index in [1.165, 1.54) is 0 Å². The number of nitrogens with one attached hydrogen (secondary N) is 3. The van der Waals surface area contributed by atoms with Gasteiger partial charge in [-0.3, -0.25) is 14.9 Å². The molecule has 4 aromatic rings. The number of anilines is 1. The number of amides is 2. The molecule has 4 rings (SSSR count). The van der Waals surface area contributed by atoms with E-state index in [0.717, 1.165) is 16.9 Å². The standard InChI is InChI=1S/C25H25N5O4S/c1-14(15-6-3-2-4-7-15)27-23(32)20-13-35-25(29-20)30-22(31)16-9-10-19-18(12-16)17(8-5-11-26)21(28-19)24(33)34/h2-4,6-7,9-10,12-14,28H,5,8,11,26H2,1H3,(H,27,32)(H,33,34)(H,29,30,31). The molecule has 10 heteroatoms. The van der Waals surface area contributed by atoms with Gasteiger partial charge in [0.05, 0.1) is 6.04 Å². The zero-order valence-corrected chi connectivity index (χ0v) is 19.8. The Morgan fingerprint density at radius 2 is 1.91 bits per heavy atom. The average Bonchev–Trinajstić information content (AvgIpc) is 3.47. The second-order valence-electron chi connectivity index (χ2n) is 8.03. The number of aromatic carboxylic acids is 1. The second-order valence-corrected chi connectivity index (χ2v) is 8.89. The molecule has 1 unspecified atom stereocenters. The SMILES string of the molecule is CC(NC(=O)c1csc(NC(=O)c2ccc3[nH]c(C(=O)O)c(CCCN)c3c2)n1)c1ccccc1. The predicted molar refractivity (Wildman–Crippen MR) is 135 cm³/mol. The van der Waals surface area contributed by atoms with Crippen LogP contribution >= 0.6 is 11.3 Å². The van der Waals surface area contributed by atoms with Crippen LogP contribution in [0, 0.1) is 0 Å². The third-order valence-corrected chi connectivity index (χ3v) is 6.38. The number of aryl methyl sites for hydroxylation is 1. The predicted octanol–water partition coefficient (Wildman–Crippen LogP) is 3.96. The summed E-state index contributed by atoms with van der Waals surface area (Å²) >= 11 is 1.15. The van der Waals surface area contributed by atoms with Crippen molar-refractivity contribution in [2.75, 3.05) is 11.9 Å². The highest BCUT2D eigenvalue weighted by Gasteiger charge is 2.19. The van der Waals surface area contributed by atoms with Crippen molar-refractivity contribution in [1.29, 1.82) is 0 Å². The Morgan fingerprint density at radius 1 is 1.14 bits per heavy atom. The summed E-state index contributed by atoms with van der Waals surface area (Å²) in [5.74, 6) is -1.80. The number of aromatic amines is 1. The summed E-state index contributed by atoms with van der Waals surface area (Å²) in [4.78, 5) is 44.2. The zero-order chi connectivity index (χ0) is 24.9. The number of carboxylic acid groups (broad SMARTS) is 1. The number of nitrogens with two attached hydrogens (primary N) is 1. The van der Waals surface area contributed by atoms with Crippen LogP contribution in [-0.4, -0.2) is 39.4 Å². The first kappa shape index (κ1) is 24.1. The maximum Gasteiger partial charge on any atom is 0.352 e. The molecule has 0 radical (unpaired) electrons. The van der Waals surface area contributed by atoms with Crippen molar-refractivity contribution in [2.45, 2.75) is 25.8 Å². The topological polar surface area (TPSA) is 150 Å². The first-order valence-electron chi connectivity index (χ1n) is 11.1. The molecule has 2 heterocycles. The Morgan fingerprint density at radius 3 is 2.63 bits per heavy atom. The number of H-pyrrole nitrogens is 1. The lowest BCUT2D eigenvalue weighted by Gasteiger charge is -2.13. The maximum atomic E-state index is 12.9. The number of carbonyl (C=O) groups excluding carboxylic acids is 2. The first-order chi connectivity index (χ1) is 16.9. The second kappa shape index (κ2) is 10.5. The highest BCUT2D eigenvalue weighted by molar-refractivity contribution is 7.14. The van der Waals surface area contributed by atoms with Crippen molar-refractivity contribution in [1.82, 2.24) is 15.3 Å². The van der Waals surface area contributed by atoms with Crippen molar-refractivity contribution in [3.63, 3.8) is 0 Å². The Kier molecular flexibility index (Phi) is 7.23. The molecular weight excluding hydrogens is 466 g/mol. The summed E-state index contributed by atoms with van der Waals surface area (Å²) in [6, 6.07) is 14.3. The molecule has 0 fully saturated rings. The molecule has 2 aromatic carbocycles. The Labute approximate surface area is 205 Å². The van der Waals surface area contributed by atoms with E-state index in [4.69, 9.17) is 5.73 Å². The third kappa shape index (κ3) is 5.39. The lowest BCUT2D eigenvalue weighted by Crippen LogP contribution is -2.26. The monoisotopic (exact) mass is 491 g/mol. The number of carbonyl (C=O) groups is 3. The van der Waals surface area contributed by atoms with Crippen molar-refractivity contribution < 1.29 is 19.5 Å². The summed E-state index contributed by atoms with van der Waals surface area (Å²) in [5.41, 5.74) is 8.49. The van der Waals surface area contributed by atoms with E-state index in [9.17, 15) is 19.5 Å². The van der Waals surface area contributed by atoms with Gasteiger partial charge in [-0.25, -0.2) is 9.78 Å². The van der Waals surface area contributed by atoms with Crippen LogP contribution in [0.1, 0.15) is 61.8 Å². The summed E-state index contributed by atoms with van der Waals surface area (Å²) in [7, 11) is 0. The molecule has 0 saturated carbocycles. The summed E-state index contributed by atoms with van der Waals surface area (Å²) < 4.78 is 0. The van der Waals surface area contributed by atoms with Crippen molar-refractivity contribution in [3.8, 4) is 0 Å². The fourth-order valence-electron chi connectivity index (χ4n) is 3.81. The van der Waals surface area contributed by atoms with E-state index in [1.54, 1.807) is 23.6 Å². The van der Waals surface area contributed by atoms with Gasteiger partial charge in [-0.1, -0.05) is 30.3 Å². The molecule has 9 nitrogen and oxygen atoms in total. The van der Waals surface area contributed by atoms with E-state index in [-0.39, 0.29) is 28.5 Å². The fourth-order valence-corrected chi connectivity index (χ4v) is 4.50. The van der Waals surface area contributed by atoms with E-state index >= 15 is 0 Å². The Hall–Kier alpha value is -4.02. The van der Waals surface area contributed by atoms with Gasteiger partial charge in [0.15, 0.2) is 5.13 Å². The molecule has 0 bridgehead atoms. The van der Waals surface area contributed by atoms with Crippen molar-refractivity contribution in [2.24, 2.45) is 5.73 Å². The lowest BCUT2D eigenvalue weighted by atomic mass is 10.0. The highest BCUT2D eigenvalue weighted by atomic mass is 32.1. The normalized spacial score (nSPS) is 11.8. The summed E-state index contributed by atoms with van der Waals surface area (Å²) in [5, 5.41) is 17.7. The van der Waals surface area contributed by atoms with E-state index in [1.807, 2.05) is 37.3 Å². The molecule has 2 amide bonds. The number of hydrogen-bond donors (Lipinski definition) is 5. The molecule has 1 atom stereocenters. The van der Waals surface area contributed by atoms with Gasteiger partial charge in [0.25, 0.3) is 11.8 Å². The summed E-state index contributed by atoms with van der Waals surface area (Å²) in [6.45, 7) is 2.31. The molecule has 0 aliphatic heterocycles. The molecule has 35 heavy (non-hydrogen) atoms. The highest BCUT2D eigenvalue weighted by Crippen LogP contribution is 2.26. The lowest BCUT2D eigenvalue weighted by molar-refractivity contribution is 0.0689. The Bertz CT molecular complexity index is 1380. The number of hydrogen-bond acceptors (Lipinski definition) is 6. The van der Waals surface area contributed by atoms with Crippen molar-refractivity contribution >= 4 is 45.2 Å². The van der Waals surface area contributed by atoms with Gasteiger partial charge in [0.2, 0.25) is 0 Å². The van der Waals surface area contributed by atoms with E-state index in [2.05, 4.69) is 20.6 Å². The molecule has 180 valence electrons. The fraction of sp³-hybridized carbons (Fsp3) is 0.200. The number of aromatic nitrogens is 2. The average molecular weight is 492 g/mol. The van der Waals surface area contributed by atoms with Crippen LogP contribution in [-0.2, 0) is 6.42 Å². The molecule has 6 N–H and O–H groups in total. The zero-order valence-electron chi connectivity index (χ0n) is 19.0. The van der Waals surface area contributed by atoms with Crippen LogP contribution in [0.2, 0.25) is 0 Å². The number of benzene rings is 2. The molecular formula is C25H25N5O4S. The van der Waals surface area contributed by atoms with Crippen LogP contribution in [0.3, 0.4) is 0 Å². The molecule has 0 spiro atoms. The van der Waals surface area contributed by atoms with Gasteiger partial charge in [-0.2, -0.15) is 0 Å².